The Morgan fingerprint density at radius 3 is 1.93 bits per heavy atom. The summed E-state index contributed by atoms with van der Waals surface area (Å²) in [7, 11) is 0. The lowest BCUT2D eigenvalue weighted by atomic mass is 10.1. The van der Waals surface area contributed by atoms with E-state index in [1.54, 1.807) is 0 Å². The SMILES string of the molecule is CCCCC(N)CO.O=C(O)C(=O)O. The maximum absolute atomic E-state index is 9.10. The van der Waals surface area contributed by atoms with Gasteiger partial charge < -0.3 is 21.1 Å². The number of aliphatic hydroxyl groups is 1. The Hall–Kier alpha value is -1.14. The highest BCUT2D eigenvalue weighted by atomic mass is 16.4. The first-order chi connectivity index (χ1) is 6.45. The molecule has 0 aromatic rings. The summed E-state index contributed by atoms with van der Waals surface area (Å²) in [6.45, 7) is 2.24. The van der Waals surface area contributed by atoms with E-state index in [2.05, 4.69) is 6.92 Å². The van der Waals surface area contributed by atoms with Gasteiger partial charge in [0.2, 0.25) is 0 Å². The first kappa shape index (κ1) is 15.3. The van der Waals surface area contributed by atoms with Crippen LogP contribution in [-0.2, 0) is 9.59 Å². The molecule has 0 saturated heterocycles. The molecule has 0 heterocycles. The summed E-state index contributed by atoms with van der Waals surface area (Å²) in [5.41, 5.74) is 5.41. The predicted octanol–water partition coefficient (Wildman–Crippen LogP) is -0.348. The number of nitrogens with two attached hydrogens (primary N) is 1. The molecule has 0 saturated carbocycles. The van der Waals surface area contributed by atoms with Gasteiger partial charge >= 0.3 is 11.9 Å². The van der Waals surface area contributed by atoms with Crippen molar-refractivity contribution in [3.05, 3.63) is 0 Å². The molecule has 0 bridgehead atoms. The minimum atomic E-state index is -1.82. The molecule has 0 fully saturated rings. The number of carboxylic acid groups (broad SMARTS) is 2. The zero-order chi connectivity index (χ0) is 11.6. The van der Waals surface area contributed by atoms with Crippen molar-refractivity contribution < 1.29 is 24.9 Å². The minimum Gasteiger partial charge on any atom is -0.473 e. The Morgan fingerprint density at radius 1 is 1.29 bits per heavy atom. The van der Waals surface area contributed by atoms with E-state index in [4.69, 9.17) is 30.6 Å². The van der Waals surface area contributed by atoms with Gasteiger partial charge in [0.1, 0.15) is 0 Å². The van der Waals surface area contributed by atoms with Gasteiger partial charge in [-0.15, -0.1) is 0 Å². The molecule has 84 valence electrons. The molecule has 0 rings (SSSR count). The molecule has 0 aliphatic rings. The van der Waals surface area contributed by atoms with E-state index < -0.39 is 11.9 Å². The Bertz CT molecular complexity index is 159. The highest BCUT2D eigenvalue weighted by Crippen LogP contribution is 1.95. The van der Waals surface area contributed by atoms with E-state index in [0.717, 1.165) is 19.3 Å². The summed E-state index contributed by atoms with van der Waals surface area (Å²) in [6.07, 6.45) is 3.24. The molecule has 0 aliphatic heterocycles. The van der Waals surface area contributed by atoms with Gasteiger partial charge in [-0.1, -0.05) is 19.8 Å². The lowest BCUT2D eigenvalue weighted by Crippen LogP contribution is -2.23. The number of carboxylic acids is 2. The first-order valence-corrected chi connectivity index (χ1v) is 4.28. The third-order valence-corrected chi connectivity index (χ3v) is 1.35. The van der Waals surface area contributed by atoms with Crippen LogP contribution in [0.1, 0.15) is 26.2 Å². The number of unbranched alkanes of at least 4 members (excludes halogenated alkanes) is 1. The zero-order valence-corrected chi connectivity index (χ0v) is 8.14. The average molecular weight is 207 g/mol. The van der Waals surface area contributed by atoms with Gasteiger partial charge in [0.05, 0.1) is 6.61 Å². The van der Waals surface area contributed by atoms with Gasteiger partial charge in [-0.2, -0.15) is 0 Å². The molecular formula is C8H17NO5. The van der Waals surface area contributed by atoms with Crippen molar-refractivity contribution in [3.63, 3.8) is 0 Å². The van der Waals surface area contributed by atoms with Crippen molar-refractivity contribution in [1.29, 1.82) is 0 Å². The van der Waals surface area contributed by atoms with Crippen molar-refractivity contribution in [2.45, 2.75) is 32.2 Å². The number of aliphatic carboxylic acids is 2. The van der Waals surface area contributed by atoms with Gasteiger partial charge in [0, 0.05) is 6.04 Å². The lowest BCUT2D eigenvalue weighted by molar-refractivity contribution is -0.159. The smallest absolute Gasteiger partial charge is 0.414 e. The van der Waals surface area contributed by atoms with Crippen LogP contribution in [0.3, 0.4) is 0 Å². The average Bonchev–Trinajstić information content (AvgIpc) is 2.14. The predicted molar refractivity (Wildman–Crippen MR) is 49.9 cm³/mol. The van der Waals surface area contributed by atoms with Gasteiger partial charge in [-0.25, -0.2) is 9.59 Å². The second kappa shape index (κ2) is 9.94. The maximum Gasteiger partial charge on any atom is 0.414 e. The maximum atomic E-state index is 9.10. The van der Waals surface area contributed by atoms with Crippen molar-refractivity contribution in [1.82, 2.24) is 0 Å². The molecule has 0 aromatic carbocycles. The van der Waals surface area contributed by atoms with Crippen LogP contribution in [0.2, 0.25) is 0 Å². The van der Waals surface area contributed by atoms with Crippen molar-refractivity contribution in [2.24, 2.45) is 5.73 Å². The molecule has 0 aromatic heterocycles. The second-order valence-corrected chi connectivity index (χ2v) is 2.70. The van der Waals surface area contributed by atoms with Crippen LogP contribution in [0, 0.1) is 0 Å². The topological polar surface area (TPSA) is 121 Å². The molecule has 14 heavy (non-hydrogen) atoms. The number of aliphatic hydroxyl groups excluding tert-OH is 1. The fourth-order valence-electron chi connectivity index (χ4n) is 0.558. The van der Waals surface area contributed by atoms with Crippen LogP contribution in [0.15, 0.2) is 0 Å². The summed E-state index contributed by atoms with van der Waals surface area (Å²) in [5.74, 6) is -3.65. The number of hydrogen-bond acceptors (Lipinski definition) is 4. The first-order valence-electron chi connectivity index (χ1n) is 4.28. The fraction of sp³-hybridized carbons (Fsp3) is 0.750. The molecule has 5 N–H and O–H groups in total. The summed E-state index contributed by atoms with van der Waals surface area (Å²) < 4.78 is 0. The van der Waals surface area contributed by atoms with Crippen molar-refractivity contribution in [2.75, 3.05) is 6.61 Å². The molecule has 6 nitrogen and oxygen atoms in total. The van der Waals surface area contributed by atoms with E-state index in [1.807, 2.05) is 0 Å². The zero-order valence-electron chi connectivity index (χ0n) is 8.14. The van der Waals surface area contributed by atoms with E-state index in [0.29, 0.717) is 0 Å². The van der Waals surface area contributed by atoms with Crippen molar-refractivity contribution in [3.8, 4) is 0 Å². The largest absolute Gasteiger partial charge is 0.473 e. The third kappa shape index (κ3) is 13.4. The normalized spacial score (nSPS) is 11.1. The fourth-order valence-corrected chi connectivity index (χ4v) is 0.558. The highest BCUT2D eigenvalue weighted by molar-refractivity contribution is 6.27. The molecule has 0 spiro atoms. The van der Waals surface area contributed by atoms with Gasteiger partial charge in [0.25, 0.3) is 0 Å². The number of carbonyl (C=O) groups is 2. The standard InChI is InChI=1S/C6H15NO.C2H2O4/c1-2-3-4-6(7)5-8;3-1(4)2(5)6/h6,8H,2-5,7H2,1H3;(H,3,4)(H,5,6). The van der Waals surface area contributed by atoms with Crippen molar-refractivity contribution >= 4 is 11.9 Å². The molecule has 1 atom stereocenters. The van der Waals surface area contributed by atoms with Crippen LogP contribution in [0.5, 0.6) is 0 Å². The Labute approximate surface area is 82.3 Å². The lowest BCUT2D eigenvalue weighted by Gasteiger charge is -2.04. The van der Waals surface area contributed by atoms with E-state index in [-0.39, 0.29) is 12.6 Å². The molecular weight excluding hydrogens is 190 g/mol. The Morgan fingerprint density at radius 2 is 1.71 bits per heavy atom. The number of rotatable bonds is 4. The van der Waals surface area contributed by atoms with Crippen LogP contribution < -0.4 is 5.73 Å². The summed E-state index contributed by atoms with van der Waals surface area (Å²) >= 11 is 0. The Kier molecular flexibility index (Phi) is 10.9. The Balaban J connectivity index is 0. The van der Waals surface area contributed by atoms with Crippen LogP contribution in [0.4, 0.5) is 0 Å². The highest BCUT2D eigenvalue weighted by Gasteiger charge is 2.04. The summed E-state index contributed by atoms with van der Waals surface area (Å²) in [4.78, 5) is 18.2. The van der Waals surface area contributed by atoms with Gasteiger partial charge in [-0.05, 0) is 6.42 Å². The van der Waals surface area contributed by atoms with E-state index in [9.17, 15) is 0 Å². The third-order valence-electron chi connectivity index (χ3n) is 1.35. The second-order valence-electron chi connectivity index (χ2n) is 2.70. The number of hydrogen-bond donors (Lipinski definition) is 4. The molecule has 6 heteroatoms. The summed E-state index contributed by atoms with van der Waals surface area (Å²) in [6, 6.07) is 0.00921. The van der Waals surface area contributed by atoms with Crippen LogP contribution >= 0.6 is 0 Å². The van der Waals surface area contributed by atoms with Gasteiger partial charge in [0.15, 0.2) is 0 Å². The molecule has 0 aliphatic carbocycles. The quantitative estimate of drug-likeness (QED) is 0.467. The van der Waals surface area contributed by atoms with Crippen LogP contribution in [0.25, 0.3) is 0 Å². The van der Waals surface area contributed by atoms with E-state index in [1.165, 1.54) is 0 Å². The monoisotopic (exact) mass is 207 g/mol. The molecule has 0 radical (unpaired) electrons. The minimum absolute atomic E-state index is 0.00921. The molecule has 1 unspecified atom stereocenters. The van der Waals surface area contributed by atoms with Crippen LogP contribution in [-0.4, -0.2) is 39.9 Å². The van der Waals surface area contributed by atoms with Gasteiger partial charge in [-0.3, -0.25) is 0 Å². The summed E-state index contributed by atoms with van der Waals surface area (Å²) in [5, 5.41) is 23.2. The van der Waals surface area contributed by atoms with E-state index >= 15 is 0 Å². The molecule has 0 amide bonds.